The SMILES string of the molecule is CC.CS(=O)(=O)c1ccc2c(N)nccc2c1. The van der Waals surface area contributed by atoms with Crippen LogP contribution in [-0.2, 0) is 9.84 Å². The third-order valence-electron chi connectivity index (χ3n) is 2.19. The van der Waals surface area contributed by atoms with Gasteiger partial charge in [-0.1, -0.05) is 13.8 Å². The van der Waals surface area contributed by atoms with Gasteiger partial charge in [-0.15, -0.1) is 0 Å². The lowest BCUT2D eigenvalue weighted by molar-refractivity contribution is 0.602. The molecule has 4 nitrogen and oxygen atoms in total. The fourth-order valence-electron chi connectivity index (χ4n) is 1.41. The van der Waals surface area contributed by atoms with Crippen molar-refractivity contribution in [3.05, 3.63) is 30.5 Å². The van der Waals surface area contributed by atoms with Gasteiger partial charge in [0.15, 0.2) is 9.84 Å². The number of nitrogens with two attached hydrogens (primary N) is 1. The van der Waals surface area contributed by atoms with E-state index in [2.05, 4.69) is 4.98 Å². The van der Waals surface area contributed by atoms with Crippen LogP contribution >= 0.6 is 0 Å². The van der Waals surface area contributed by atoms with Gasteiger partial charge in [0.1, 0.15) is 5.82 Å². The molecule has 0 unspecified atom stereocenters. The normalized spacial score (nSPS) is 10.8. The fourth-order valence-corrected chi connectivity index (χ4v) is 2.07. The van der Waals surface area contributed by atoms with E-state index in [1.54, 1.807) is 24.4 Å². The Balaban J connectivity index is 0.000000686. The van der Waals surface area contributed by atoms with Crippen LogP contribution in [0.25, 0.3) is 10.8 Å². The molecule has 0 radical (unpaired) electrons. The predicted octanol–water partition coefficient (Wildman–Crippen LogP) is 2.25. The molecular weight excluding hydrogens is 236 g/mol. The zero-order valence-electron chi connectivity index (χ0n) is 10.1. The highest BCUT2D eigenvalue weighted by Gasteiger charge is 2.08. The first-order valence-electron chi connectivity index (χ1n) is 5.33. The van der Waals surface area contributed by atoms with E-state index < -0.39 is 9.84 Å². The first kappa shape index (κ1) is 13.4. The zero-order valence-corrected chi connectivity index (χ0v) is 11.0. The van der Waals surface area contributed by atoms with Crippen LogP contribution < -0.4 is 5.73 Å². The number of pyridine rings is 1. The number of hydrogen-bond acceptors (Lipinski definition) is 4. The minimum atomic E-state index is -3.17. The van der Waals surface area contributed by atoms with Gasteiger partial charge in [-0.25, -0.2) is 13.4 Å². The molecule has 0 saturated heterocycles. The van der Waals surface area contributed by atoms with Crippen molar-refractivity contribution >= 4 is 26.4 Å². The quantitative estimate of drug-likeness (QED) is 0.844. The molecule has 1 aromatic heterocycles. The van der Waals surface area contributed by atoms with Crippen LogP contribution in [0.3, 0.4) is 0 Å². The number of anilines is 1. The van der Waals surface area contributed by atoms with Crippen molar-refractivity contribution < 1.29 is 8.42 Å². The van der Waals surface area contributed by atoms with Gasteiger partial charge in [-0.3, -0.25) is 0 Å². The van der Waals surface area contributed by atoms with Gasteiger partial charge in [0.2, 0.25) is 0 Å². The van der Waals surface area contributed by atoms with E-state index in [9.17, 15) is 8.42 Å². The van der Waals surface area contributed by atoms with E-state index in [1.807, 2.05) is 13.8 Å². The highest BCUT2D eigenvalue weighted by molar-refractivity contribution is 7.90. The van der Waals surface area contributed by atoms with E-state index in [1.165, 1.54) is 12.3 Å². The van der Waals surface area contributed by atoms with E-state index >= 15 is 0 Å². The molecule has 0 bridgehead atoms. The lowest BCUT2D eigenvalue weighted by atomic mass is 10.2. The number of benzene rings is 1. The van der Waals surface area contributed by atoms with Crippen molar-refractivity contribution in [2.45, 2.75) is 18.7 Å². The number of hydrogen-bond donors (Lipinski definition) is 1. The van der Waals surface area contributed by atoms with E-state index in [0.29, 0.717) is 10.7 Å². The van der Waals surface area contributed by atoms with E-state index in [4.69, 9.17) is 5.73 Å². The lowest BCUT2D eigenvalue weighted by Crippen LogP contribution is -1.97. The Morgan fingerprint density at radius 1 is 1.18 bits per heavy atom. The molecule has 92 valence electrons. The number of fused-ring (bicyclic) bond motifs is 1. The summed E-state index contributed by atoms with van der Waals surface area (Å²) >= 11 is 0. The average Bonchev–Trinajstić information content (AvgIpc) is 2.30. The molecule has 17 heavy (non-hydrogen) atoms. The highest BCUT2D eigenvalue weighted by atomic mass is 32.2. The van der Waals surface area contributed by atoms with Crippen molar-refractivity contribution in [3.63, 3.8) is 0 Å². The summed E-state index contributed by atoms with van der Waals surface area (Å²) in [5.74, 6) is 0.410. The summed E-state index contributed by atoms with van der Waals surface area (Å²) < 4.78 is 22.6. The molecule has 2 aromatic rings. The summed E-state index contributed by atoms with van der Waals surface area (Å²) in [5.41, 5.74) is 5.65. The number of rotatable bonds is 1. The molecule has 0 aliphatic carbocycles. The fraction of sp³-hybridized carbons (Fsp3) is 0.250. The Morgan fingerprint density at radius 3 is 2.41 bits per heavy atom. The number of aromatic nitrogens is 1. The maximum atomic E-state index is 11.3. The van der Waals surface area contributed by atoms with E-state index in [0.717, 1.165) is 10.8 Å². The van der Waals surface area contributed by atoms with Crippen molar-refractivity contribution in [3.8, 4) is 0 Å². The second-order valence-corrected chi connectivity index (χ2v) is 5.37. The molecule has 0 atom stereocenters. The summed E-state index contributed by atoms with van der Waals surface area (Å²) in [4.78, 5) is 4.22. The van der Waals surface area contributed by atoms with Gasteiger partial charge >= 0.3 is 0 Å². The Morgan fingerprint density at radius 2 is 1.82 bits per heavy atom. The van der Waals surface area contributed by atoms with Crippen molar-refractivity contribution in [1.29, 1.82) is 0 Å². The predicted molar refractivity (Wildman–Crippen MR) is 70.6 cm³/mol. The van der Waals surface area contributed by atoms with Crippen LogP contribution in [-0.4, -0.2) is 19.7 Å². The third kappa shape index (κ3) is 2.94. The van der Waals surface area contributed by atoms with Gasteiger partial charge in [0, 0.05) is 17.8 Å². The first-order chi connectivity index (χ1) is 7.98. The summed E-state index contributed by atoms with van der Waals surface area (Å²) in [6.07, 6.45) is 2.74. The molecule has 0 amide bonds. The summed E-state index contributed by atoms with van der Waals surface area (Å²) in [5, 5.41) is 1.55. The summed E-state index contributed by atoms with van der Waals surface area (Å²) in [6, 6.07) is 6.55. The third-order valence-corrected chi connectivity index (χ3v) is 3.31. The largest absolute Gasteiger partial charge is 0.383 e. The zero-order chi connectivity index (χ0) is 13.1. The topological polar surface area (TPSA) is 73.0 Å². The van der Waals surface area contributed by atoms with Gasteiger partial charge in [0.05, 0.1) is 4.90 Å². The maximum Gasteiger partial charge on any atom is 0.175 e. The van der Waals surface area contributed by atoms with Crippen LogP contribution in [0.15, 0.2) is 35.4 Å². The molecule has 2 N–H and O–H groups in total. The Hall–Kier alpha value is -1.62. The Bertz CT molecular complexity index is 621. The van der Waals surface area contributed by atoms with E-state index in [-0.39, 0.29) is 0 Å². The maximum absolute atomic E-state index is 11.3. The first-order valence-corrected chi connectivity index (χ1v) is 7.22. The molecule has 5 heteroatoms. The second kappa shape index (κ2) is 5.14. The molecule has 1 heterocycles. The minimum Gasteiger partial charge on any atom is -0.383 e. The molecule has 0 aliphatic rings. The smallest absolute Gasteiger partial charge is 0.175 e. The Labute approximate surface area is 101 Å². The van der Waals surface area contributed by atoms with Crippen molar-refractivity contribution in [1.82, 2.24) is 4.98 Å². The van der Waals surface area contributed by atoms with Gasteiger partial charge < -0.3 is 5.73 Å². The average molecular weight is 252 g/mol. The molecule has 0 saturated carbocycles. The van der Waals surface area contributed by atoms with Crippen LogP contribution in [0, 0.1) is 0 Å². The minimum absolute atomic E-state index is 0.292. The number of nitrogen functional groups attached to an aromatic ring is 1. The molecule has 1 aromatic carbocycles. The van der Waals surface area contributed by atoms with Gasteiger partial charge in [0.25, 0.3) is 0 Å². The van der Waals surface area contributed by atoms with Crippen LogP contribution in [0.4, 0.5) is 5.82 Å². The molecule has 2 rings (SSSR count). The van der Waals surface area contributed by atoms with Gasteiger partial charge in [-0.2, -0.15) is 0 Å². The van der Waals surface area contributed by atoms with Crippen LogP contribution in [0.1, 0.15) is 13.8 Å². The van der Waals surface area contributed by atoms with Crippen LogP contribution in [0.2, 0.25) is 0 Å². The monoisotopic (exact) mass is 252 g/mol. The van der Waals surface area contributed by atoms with Gasteiger partial charge in [-0.05, 0) is 29.7 Å². The summed E-state index contributed by atoms with van der Waals surface area (Å²) in [7, 11) is -3.17. The Kier molecular flexibility index (Phi) is 4.07. The number of sulfone groups is 1. The second-order valence-electron chi connectivity index (χ2n) is 3.35. The number of nitrogens with zero attached hydrogens (tertiary/aromatic N) is 1. The molecular formula is C12H16N2O2S. The van der Waals surface area contributed by atoms with Crippen molar-refractivity contribution in [2.75, 3.05) is 12.0 Å². The standard InChI is InChI=1S/C10H10N2O2S.C2H6/c1-15(13,14)8-2-3-9-7(6-8)4-5-12-10(9)11;1-2/h2-6H,1H3,(H2,11,12);1-2H3. The van der Waals surface area contributed by atoms with Crippen molar-refractivity contribution in [2.24, 2.45) is 0 Å². The summed E-state index contributed by atoms with van der Waals surface area (Å²) in [6.45, 7) is 4.00. The lowest BCUT2D eigenvalue weighted by Gasteiger charge is -2.03. The molecule has 0 spiro atoms. The molecule has 0 fully saturated rings. The molecule has 0 aliphatic heterocycles. The van der Waals surface area contributed by atoms with Crippen LogP contribution in [0.5, 0.6) is 0 Å². The highest BCUT2D eigenvalue weighted by Crippen LogP contribution is 2.21.